The zero-order valence-corrected chi connectivity index (χ0v) is 13.3. The fourth-order valence-corrected chi connectivity index (χ4v) is 2.53. The smallest absolute Gasteiger partial charge is 0.313 e. The van der Waals surface area contributed by atoms with Gasteiger partial charge >= 0.3 is 11.8 Å². The predicted octanol–water partition coefficient (Wildman–Crippen LogP) is 1.34. The fraction of sp³-hybridized carbons (Fsp3) is 0.235. The van der Waals surface area contributed by atoms with Crippen LogP contribution in [0, 0.1) is 5.82 Å². The maximum absolute atomic E-state index is 12.9. The summed E-state index contributed by atoms with van der Waals surface area (Å²) in [5.74, 6) is -1.91. The van der Waals surface area contributed by atoms with Crippen LogP contribution >= 0.6 is 0 Å². The van der Waals surface area contributed by atoms with Crippen molar-refractivity contribution in [2.45, 2.75) is 0 Å². The molecule has 1 fully saturated rings. The molecule has 1 aromatic heterocycles. The number of rotatable bonds is 2. The first-order chi connectivity index (χ1) is 12.0. The number of furan rings is 1. The molecule has 1 N–H and O–H groups in total. The molecule has 8 heteroatoms. The summed E-state index contributed by atoms with van der Waals surface area (Å²) >= 11 is 0. The van der Waals surface area contributed by atoms with Crippen molar-refractivity contribution in [1.82, 2.24) is 9.80 Å². The summed E-state index contributed by atoms with van der Waals surface area (Å²) in [6.07, 6.45) is 1.42. The summed E-state index contributed by atoms with van der Waals surface area (Å²) in [5, 5.41) is 2.43. The van der Waals surface area contributed by atoms with E-state index < -0.39 is 17.6 Å². The molecule has 25 heavy (non-hydrogen) atoms. The van der Waals surface area contributed by atoms with Crippen molar-refractivity contribution < 1.29 is 23.2 Å². The van der Waals surface area contributed by atoms with E-state index in [-0.39, 0.29) is 24.8 Å². The summed E-state index contributed by atoms with van der Waals surface area (Å²) in [5.41, 5.74) is 0.339. The molecule has 1 aliphatic rings. The van der Waals surface area contributed by atoms with Crippen molar-refractivity contribution in [1.29, 1.82) is 0 Å². The number of carbonyl (C=O) groups is 3. The molecule has 2 aromatic rings. The van der Waals surface area contributed by atoms with Crippen molar-refractivity contribution in [2.75, 3.05) is 31.5 Å². The van der Waals surface area contributed by atoms with Gasteiger partial charge in [0, 0.05) is 31.9 Å². The lowest BCUT2D eigenvalue weighted by Gasteiger charge is -2.33. The molecule has 130 valence electrons. The van der Waals surface area contributed by atoms with Gasteiger partial charge in [-0.3, -0.25) is 14.4 Å². The SMILES string of the molecule is O=C(Nc1ccc(F)cc1)C(=O)N1CCN(C(=O)c2ccco2)CC1. The van der Waals surface area contributed by atoms with Gasteiger partial charge in [0.15, 0.2) is 5.76 Å². The van der Waals surface area contributed by atoms with Crippen LogP contribution < -0.4 is 5.32 Å². The van der Waals surface area contributed by atoms with Crippen LogP contribution in [0.25, 0.3) is 0 Å². The number of anilines is 1. The maximum atomic E-state index is 12.9. The first-order valence-electron chi connectivity index (χ1n) is 7.73. The van der Waals surface area contributed by atoms with Crippen LogP contribution in [0.3, 0.4) is 0 Å². The van der Waals surface area contributed by atoms with Crippen molar-refractivity contribution in [3.63, 3.8) is 0 Å². The van der Waals surface area contributed by atoms with Gasteiger partial charge in [0.25, 0.3) is 5.91 Å². The van der Waals surface area contributed by atoms with Crippen LogP contribution in [0.15, 0.2) is 47.1 Å². The largest absolute Gasteiger partial charge is 0.459 e. The molecule has 0 spiro atoms. The lowest BCUT2D eigenvalue weighted by atomic mass is 10.2. The Bertz CT molecular complexity index is 766. The number of nitrogens with one attached hydrogen (secondary N) is 1. The third-order valence-corrected chi connectivity index (χ3v) is 3.88. The van der Waals surface area contributed by atoms with Crippen LogP contribution in [0.5, 0.6) is 0 Å². The van der Waals surface area contributed by atoms with Crippen molar-refractivity contribution in [2.24, 2.45) is 0 Å². The highest BCUT2D eigenvalue weighted by Gasteiger charge is 2.29. The van der Waals surface area contributed by atoms with E-state index in [1.807, 2.05) is 0 Å². The molecule has 1 aromatic carbocycles. The van der Waals surface area contributed by atoms with E-state index in [1.165, 1.54) is 35.4 Å². The van der Waals surface area contributed by atoms with Crippen molar-refractivity contribution in [3.8, 4) is 0 Å². The number of benzene rings is 1. The van der Waals surface area contributed by atoms with Crippen LogP contribution in [-0.2, 0) is 9.59 Å². The van der Waals surface area contributed by atoms with E-state index in [2.05, 4.69) is 5.32 Å². The first kappa shape index (κ1) is 16.7. The number of halogens is 1. The molecular formula is C17H16FN3O4. The van der Waals surface area contributed by atoms with E-state index in [4.69, 9.17) is 4.42 Å². The Balaban J connectivity index is 1.53. The molecule has 0 radical (unpaired) electrons. The van der Waals surface area contributed by atoms with Gasteiger partial charge in [0.05, 0.1) is 6.26 Å². The quantitative estimate of drug-likeness (QED) is 0.833. The number of nitrogens with zero attached hydrogens (tertiary/aromatic N) is 2. The first-order valence-corrected chi connectivity index (χ1v) is 7.73. The Kier molecular flexibility index (Phi) is 4.78. The Morgan fingerprint density at radius 1 is 0.960 bits per heavy atom. The lowest BCUT2D eigenvalue weighted by Crippen LogP contribution is -2.52. The predicted molar refractivity (Wildman–Crippen MR) is 86.2 cm³/mol. The molecule has 0 bridgehead atoms. The monoisotopic (exact) mass is 345 g/mol. The second-order valence-corrected chi connectivity index (χ2v) is 5.52. The van der Waals surface area contributed by atoms with Crippen molar-refractivity contribution >= 4 is 23.4 Å². The van der Waals surface area contributed by atoms with E-state index in [9.17, 15) is 18.8 Å². The van der Waals surface area contributed by atoms with Gasteiger partial charge < -0.3 is 19.5 Å². The number of piperazine rings is 1. The van der Waals surface area contributed by atoms with E-state index in [1.54, 1.807) is 17.0 Å². The van der Waals surface area contributed by atoms with E-state index >= 15 is 0 Å². The lowest BCUT2D eigenvalue weighted by molar-refractivity contribution is -0.144. The summed E-state index contributed by atoms with van der Waals surface area (Å²) in [6.45, 7) is 1.13. The standard InChI is InChI=1S/C17H16FN3O4/c18-12-3-5-13(6-4-12)19-15(22)17(24)21-9-7-20(8-10-21)16(23)14-2-1-11-25-14/h1-6,11H,7-10H2,(H,19,22). The summed E-state index contributed by atoms with van der Waals surface area (Å²) in [6, 6.07) is 8.35. The number of hydrogen-bond donors (Lipinski definition) is 1. The third-order valence-electron chi connectivity index (χ3n) is 3.88. The minimum atomic E-state index is -0.794. The van der Waals surface area contributed by atoms with Gasteiger partial charge in [-0.2, -0.15) is 0 Å². The van der Waals surface area contributed by atoms with Crippen molar-refractivity contribution in [3.05, 3.63) is 54.2 Å². The Morgan fingerprint density at radius 3 is 2.20 bits per heavy atom. The highest BCUT2D eigenvalue weighted by atomic mass is 19.1. The molecule has 3 amide bonds. The molecule has 2 heterocycles. The number of carbonyl (C=O) groups excluding carboxylic acids is 3. The zero-order chi connectivity index (χ0) is 17.8. The van der Waals surface area contributed by atoms with Gasteiger partial charge in [-0.05, 0) is 36.4 Å². The molecule has 7 nitrogen and oxygen atoms in total. The molecular weight excluding hydrogens is 329 g/mol. The molecule has 1 aliphatic heterocycles. The fourth-order valence-electron chi connectivity index (χ4n) is 2.53. The second-order valence-electron chi connectivity index (χ2n) is 5.52. The highest BCUT2D eigenvalue weighted by molar-refractivity contribution is 6.39. The number of hydrogen-bond acceptors (Lipinski definition) is 4. The van der Waals surface area contributed by atoms with Crippen LogP contribution in [-0.4, -0.2) is 53.7 Å². The molecule has 3 rings (SSSR count). The second kappa shape index (κ2) is 7.16. The summed E-state index contributed by atoms with van der Waals surface area (Å²) in [7, 11) is 0. The average Bonchev–Trinajstić information content (AvgIpc) is 3.17. The molecule has 1 saturated heterocycles. The molecule has 0 unspecified atom stereocenters. The topological polar surface area (TPSA) is 82.9 Å². The third kappa shape index (κ3) is 3.85. The molecule has 0 aliphatic carbocycles. The van der Waals surface area contributed by atoms with Gasteiger partial charge in [0.1, 0.15) is 5.82 Å². The van der Waals surface area contributed by atoms with Gasteiger partial charge in [-0.1, -0.05) is 0 Å². The summed E-state index contributed by atoms with van der Waals surface area (Å²) < 4.78 is 17.9. The minimum Gasteiger partial charge on any atom is -0.459 e. The molecule has 0 atom stereocenters. The normalized spacial score (nSPS) is 14.3. The number of amides is 3. The highest BCUT2D eigenvalue weighted by Crippen LogP contribution is 2.11. The summed E-state index contributed by atoms with van der Waals surface area (Å²) in [4.78, 5) is 39.3. The van der Waals surface area contributed by atoms with Gasteiger partial charge in [-0.25, -0.2) is 4.39 Å². The van der Waals surface area contributed by atoms with E-state index in [0.717, 1.165) is 0 Å². The Morgan fingerprint density at radius 2 is 1.60 bits per heavy atom. The zero-order valence-electron chi connectivity index (χ0n) is 13.3. The Labute approximate surface area is 143 Å². The van der Waals surface area contributed by atoms with Gasteiger partial charge in [0.2, 0.25) is 0 Å². The van der Waals surface area contributed by atoms with E-state index in [0.29, 0.717) is 18.8 Å². The maximum Gasteiger partial charge on any atom is 0.313 e. The van der Waals surface area contributed by atoms with Gasteiger partial charge in [-0.15, -0.1) is 0 Å². The average molecular weight is 345 g/mol. The molecule has 0 saturated carbocycles. The van der Waals surface area contributed by atoms with Crippen LogP contribution in [0.4, 0.5) is 10.1 Å². The minimum absolute atomic E-state index is 0.243. The van der Waals surface area contributed by atoms with Crippen LogP contribution in [0.2, 0.25) is 0 Å². The Hall–Kier alpha value is -3.16. The van der Waals surface area contributed by atoms with Crippen LogP contribution in [0.1, 0.15) is 10.6 Å².